The van der Waals surface area contributed by atoms with Crippen molar-refractivity contribution in [1.82, 2.24) is 9.88 Å². The van der Waals surface area contributed by atoms with Gasteiger partial charge in [-0.2, -0.15) is 0 Å². The predicted molar refractivity (Wildman–Crippen MR) is 84.0 cm³/mol. The van der Waals surface area contributed by atoms with Gasteiger partial charge in [-0.05, 0) is 24.0 Å². The van der Waals surface area contributed by atoms with E-state index in [1.54, 1.807) is 6.20 Å². The van der Waals surface area contributed by atoms with Crippen molar-refractivity contribution in [2.24, 2.45) is 11.1 Å². The van der Waals surface area contributed by atoms with Gasteiger partial charge in [-0.15, -0.1) is 0 Å². The summed E-state index contributed by atoms with van der Waals surface area (Å²) < 4.78 is 0. The number of rotatable bonds is 1. The Morgan fingerprint density at radius 3 is 2.86 bits per heavy atom. The van der Waals surface area contributed by atoms with Crippen LogP contribution in [0.2, 0.25) is 0 Å². The fourth-order valence-corrected chi connectivity index (χ4v) is 2.99. The third-order valence-corrected chi connectivity index (χ3v) is 4.46. The van der Waals surface area contributed by atoms with Crippen LogP contribution in [0.15, 0.2) is 36.5 Å². The largest absolute Gasteiger partial charge is 0.338 e. The summed E-state index contributed by atoms with van der Waals surface area (Å²) in [6.45, 7) is 5.65. The van der Waals surface area contributed by atoms with Gasteiger partial charge < -0.3 is 10.6 Å². The van der Waals surface area contributed by atoms with Crippen LogP contribution in [0.25, 0.3) is 10.9 Å². The smallest absolute Gasteiger partial charge is 0.256 e. The maximum atomic E-state index is 12.9. The molecule has 0 bridgehead atoms. The summed E-state index contributed by atoms with van der Waals surface area (Å²) in [7, 11) is 0. The van der Waals surface area contributed by atoms with Gasteiger partial charge in [0.1, 0.15) is 0 Å². The number of nitrogens with two attached hydrogens (primary N) is 1. The Kier molecular flexibility index (Phi) is 3.41. The first kappa shape index (κ1) is 14.0. The van der Waals surface area contributed by atoms with Gasteiger partial charge in [-0.25, -0.2) is 0 Å². The molecule has 1 aliphatic heterocycles. The van der Waals surface area contributed by atoms with Crippen molar-refractivity contribution in [3.63, 3.8) is 0 Å². The summed E-state index contributed by atoms with van der Waals surface area (Å²) in [5, 5.41) is 0.997. The van der Waals surface area contributed by atoms with Crippen LogP contribution in [0.4, 0.5) is 0 Å². The minimum Gasteiger partial charge on any atom is -0.338 e. The second-order valence-corrected chi connectivity index (χ2v) is 6.49. The van der Waals surface area contributed by atoms with Crippen molar-refractivity contribution < 1.29 is 4.79 Å². The molecule has 2 heterocycles. The normalized spacial score (nSPS) is 21.5. The molecule has 1 aromatic heterocycles. The average molecular weight is 283 g/mol. The highest BCUT2D eigenvalue weighted by Crippen LogP contribution is 2.29. The molecule has 0 saturated carbocycles. The zero-order valence-corrected chi connectivity index (χ0v) is 12.5. The molecular weight excluding hydrogens is 262 g/mol. The van der Waals surface area contributed by atoms with Crippen molar-refractivity contribution in [2.45, 2.75) is 26.3 Å². The third-order valence-electron chi connectivity index (χ3n) is 4.46. The topological polar surface area (TPSA) is 59.2 Å². The molecule has 1 aromatic carbocycles. The van der Waals surface area contributed by atoms with Gasteiger partial charge in [0.25, 0.3) is 5.91 Å². The first-order valence-corrected chi connectivity index (χ1v) is 7.38. The van der Waals surface area contributed by atoms with Crippen molar-refractivity contribution in [1.29, 1.82) is 0 Å². The van der Waals surface area contributed by atoms with E-state index in [2.05, 4.69) is 18.8 Å². The van der Waals surface area contributed by atoms with E-state index < -0.39 is 0 Å². The second kappa shape index (κ2) is 5.11. The molecule has 1 atom stereocenters. The molecule has 110 valence electrons. The number of pyridine rings is 1. The molecule has 1 aliphatic rings. The molecule has 3 rings (SSSR count). The Hall–Kier alpha value is -1.94. The summed E-state index contributed by atoms with van der Waals surface area (Å²) >= 11 is 0. The van der Waals surface area contributed by atoms with E-state index >= 15 is 0 Å². The Morgan fingerprint density at radius 2 is 2.10 bits per heavy atom. The maximum Gasteiger partial charge on any atom is 0.256 e. The minimum absolute atomic E-state index is 0.0497. The molecule has 0 spiro atoms. The number of benzene rings is 1. The number of hydrogen-bond donors (Lipinski definition) is 1. The van der Waals surface area contributed by atoms with E-state index in [0.29, 0.717) is 18.7 Å². The maximum absolute atomic E-state index is 12.9. The van der Waals surface area contributed by atoms with Gasteiger partial charge >= 0.3 is 0 Å². The molecule has 0 radical (unpaired) electrons. The molecule has 21 heavy (non-hydrogen) atoms. The molecular formula is C17H21N3O. The molecule has 2 aromatic rings. The SMILES string of the molecule is CC1(C)CN(C(=O)c2cccc3cccnc23)CCC1N. The molecule has 2 N–H and O–H groups in total. The number of para-hydroxylation sites is 1. The van der Waals surface area contributed by atoms with Gasteiger partial charge in [0.15, 0.2) is 0 Å². The second-order valence-electron chi connectivity index (χ2n) is 6.49. The van der Waals surface area contributed by atoms with Crippen molar-refractivity contribution in [3.05, 3.63) is 42.1 Å². The third kappa shape index (κ3) is 2.51. The monoisotopic (exact) mass is 283 g/mol. The molecule has 1 unspecified atom stereocenters. The van der Waals surface area contributed by atoms with Crippen LogP contribution < -0.4 is 5.73 Å². The fourth-order valence-electron chi connectivity index (χ4n) is 2.99. The van der Waals surface area contributed by atoms with Crippen LogP contribution in [-0.4, -0.2) is 34.9 Å². The van der Waals surface area contributed by atoms with E-state index in [0.717, 1.165) is 17.3 Å². The molecule has 0 aliphatic carbocycles. The van der Waals surface area contributed by atoms with Gasteiger partial charge in [0.05, 0.1) is 11.1 Å². The highest BCUT2D eigenvalue weighted by molar-refractivity contribution is 6.05. The fraction of sp³-hybridized carbons (Fsp3) is 0.412. The zero-order chi connectivity index (χ0) is 15.0. The molecule has 1 saturated heterocycles. The molecule has 1 fully saturated rings. The molecule has 4 heteroatoms. The lowest BCUT2D eigenvalue weighted by Crippen LogP contribution is -2.54. The number of hydrogen-bond acceptors (Lipinski definition) is 3. The van der Waals surface area contributed by atoms with E-state index in [-0.39, 0.29) is 17.4 Å². The van der Waals surface area contributed by atoms with Crippen molar-refractivity contribution in [3.8, 4) is 0 Å². The number of amides is 1. The van der Waals surface area contributed by atoms with Crippen LogP contribution >= 0.6 is 0 Å². The lowest BCUT2D eigenvalue weighted by molar-refractivity contribution is 0.0534. The van der Waals surface area contributed by atoms with Crippen LogP contribution in [-0.2, 0) is 0 Å². The van der Waals surface area contributed by atoms with Crippen LogP contribution in [0.3, 0.4) is 0 Å². The number of fused-ring (bicyclic) bond motifs is 1. The summed E-state index contributed by atoms with van der Waals surface area (Å²) in [6, 6.07) is 9.77. The quantitative estimate of drug-likeness (QED) is 0.874. The predicted octanol–water partition coefficient (Wildman–Crippen LogP) is 2.43. The van der Waals surface area contributed by atoms with Gasteiger partial charge in [-0.1, -0.05) is 32.0 Å². The van der Waals surface area contributed by atoms with Crippen molar-refractivity contribution in [2.75, 3.05) is 13.1 Å². The number of carbonyl (C=O) groups is 1. The lowest BCUT2D eigenvalue weighted by atomic mass is 9.79. The number of aromatic nitrogens is 1. The first-order valence-electron chi connectivity index (χ1n) is 7.38. The van der Waals surface area contributed by atoms with Crippen LogP contribution in [0.1, 0.15) is 30.6 Å². The number of carbonyl (C=O) groups excluding carboxylic acids is 1. The molecule has 4 nitrogen and oxygen atoms in total. The Labute approximate surface area is 125 Å². The van der Waals surface area contributed by atoms with Crippen molar-refractivity contribution >= 4 is 16.8 Å². The summed E-state index contributed by atoms with van der Waals surface area (Å²) in [5.74, 6) is 0.0549. The van der Waals surface area contributed by atoms with Crippen LogP contribution in [0, 0.1) is 5.41 Å². The Balaban J connectivity index is 1.94. The molecule has 1 amide bonds. The average Bonchev–Trinajstić information content (AvgIpc) is 2.48. The van der Waals surface area contributed by atoms with Crippen LogP contribution in [0.5, 0.6) is 0 Å². The summed E-state index contributed by atoms with van der Waals surface area (Å²) in [5.41, 5.74) is 7.56. The standard InChI is InChI=1S/C17H21N3O/c1-17(2)11-20(10-8-14(17)18)16(21)13-7-3-5-12-6-4-9-19-15(12)13/h3-7,9,14H,8,10-11,18H2,1-2H3. The zero-order valence-electron chi connectivity index (χ0n) is 12.5. The number of nitrogens with zero attached hydrogens (tertiary/aromatic N) is 2. The van der Waals surface area contributed by atoms with E-state index in [1.165, 1.54) is 0 Å². The van der Waals surface area contributed by atoms with E-state index in [9.17, 15) is 4.79 Å². The van der Waals surface area contributed by atoms with Gasteiger partial charge in [0.2, 0.25) is 0 Å². The van der Waals surface area contributed by atoms with E-state index in [4.69, 9.17) is 5.73 Å². The highest BCUT2D eigenvalue weighted by Gasteiger charge is 2.35. The van der Waals surface area contributed by atoms with Gasteiger partial charge in [0, 0.05) is 30.7 Å². The summed E-state index contributed by atoms with van der Waals surface area (Å²) in [6.07, 6.45) is 2.58. The number of likely N-dealkylation sites (tertiary alicyclic amines) is 1. The van der Waals surface area contributed by atoms with Gasteiger partial charge in [-0.3, -0.25) is 9.78 Å². The van der Waals surface area contributed by atoms with E-state index in [1.807, 2.05) is 35.2 Å². The Morgan fingerprint density at radius 1 is 1.33 bits per heavy atom. The summed E-state index contributed by atoms with van der Waals surface area (Å²) in [4.78, 5) is 19.1. The highest BCUT2D eigenvalue weighted by atomic mass is 16.2. The minimum atomic E-state index is -0.0497. The Bertz CT molecular complexity index is 675. The first-order chi connectivity index (χ1) is 9.99. The lowest BCUT2D eigenvalue weighted by Gasteiger charge is -2.42. The number of piperidine rings is 1.